The molecule has 2 N–H and O–H groups in total. The van der Waals surface area contributed by atoms with Crippen LogP contribution in [0.3, 0.4) is 0 Å². The predicted octanol–water partition coefficient (Wildman–Crippen LogP) is 1.14. The van der Waals surface area contributed by atoms with Crippen molar-refractivity contribution >= 4 is 11.9 Å². The first-order valence-corrected chi connectivity index (χ1v) is 5.04. The Morgan fingerprint density at radius 1 is 1.40 bits per heavy atom. The summed E-state index contributed by atoms with van der Waals surface area (Å²) >= 11 is 0. The minimum absolute atomic E-state index is 0.0371. The summed E-state index contributed by atoms with van der Waals surface area (Å²) in [5, 5.41) is 12.1. The highest BCUT2D eigenvalue weighted by Crippen LogP contribution is 2.27. The molecule has 0 spiro atoms. The second-order valence-corrected chi connectivity index (χ2v) is 3.70. The molecule has 15 heavy (non-hydrogen) atoms. The first-order valence-electron chi connectivity index (χ1n) is 5.04. The number of carboxylic acid groups (broad SMARTS) is 1. The van der Waals surface area contributed by atoms with Crippen molar-refractivity contribution in [2.75, 3.05) is 5.32 Å². The zero-order chi connectivity index (χ0) is 10.7. The van der Waals surface area contributed by atoms with Gasteiger partial charge in [-0.2, -0.15) is 0 Å². The minimum Gasteiger partial charge on any atom is -0.481 e. The molecule has 2 atom stereocenters. The third kappa shape index (κ3) is 2.23. The van der Waals surface area contributed by atoms with Gasteiger partial charge in [-0.25, -0.2) is 9.97 Å². The molecule has 0 aromatic carbocycles. The maximum atomic E-state index is 10.9. The van der Waals surface area contributed by atoms with Crippen molar-refractivity contribution in [2.24, 2.45) is 5.92 Å². The Morgan fingerprint density at radius 2 is 2.13 bits per heavy atom. The van der Waals surface area contributed by atoms with Gasteiger partial charge in [0.25, 0.3) is 0 Å². The Balaban J connectivity index is 2.03. The van der Waals surface area contributed by atoms with Crippen molar-refractivity contribution in [1.82, 2.24) is 9.97 Å². The average Bonchev–Trinajstić information content (AvgIpc) is 2.67. The lowest BCUT2D eigenvalue weighted by atomic mass is 10.0. The molecule has 1 aromatic rings. The maximum absolute atomic E-state index is 10.9. The van der Waals surface area contributed by atoms with E-state index in [0.29, 0.717) is 5.95 Å². The third-order valence-corrected chi connectivity index (χ3v) is 2.71. The monoisotopic (exact) mass is 207 g/mol. The summed E-state index contributed by atoms with van der Waals surface area (Å²) in [4.78, 5) is 19.0. The molecule has 2 unspecified atom stereocenters. The molecule has 0 radical (unpaired) electrons. The van der Waals surface area contributed by atoms with Crippen LogP contribution in [0.5, 0.6) is 0 Å². The molecule has 2 rings (SSSR count). The molecule has 1 fully saturated rings. The molecule has 5 nitrogen and oxygen atoms in total. The number of nitrogens with zero attached hydrogens (tertiary/aromatic N) is 2. The molecule has 80 valence electrons. The van der Waals surface area contributed by atoms with E-state index in [1.807, 2.05) is 0 Å². The van der Waals surface area contributed by atoms with Crippen LogP contribution in [-0.2, 0) is 4.79 Å². The number of aromatic nitrogens is 2. The number of carboxylic acids is 1. The molecular weight excluding hydrogens is 194 g/mol. The van der Waals surface area contributed by atoms with Crippen LogP contribution in [0, 0.1) is 5.92 Å². The lowest BCUT2D eigenvalue weighted by molar-refractivity contribution is -0.141. The van der Waals surface area contributed by atoms with Crippen LogP contribution in [0.25, 0.3) is 0 Å². The van der Waals surface area contributed by atoms with Gasteiger partial charge in [-0.05, 0) is 18.9 Å². The Labute approximate surface area is 87.6 Å². The van der Waals surface area contributed by atoms with Crippen molar-refractivity contribution in [3.05, 3.63) is 18.5 Å². The van der Waals surface area contributed by atoms with Gasteiger partial charge in [-0.1, -0.05) is 6.42 Å². The van der Waals surface area contributed by atoms with Crippen LogP contribution in [-0.4, -0.2) is 27.1 Å². The summed E-state index contributed by atoms with van der Waals surface area (Å²) in [6.45, 7) is 0. The van der Waals surface area contributed by atoms with E-state index in [-0.39, 0.29) is 12.0 Å². The summed E-state index contributed by atoms with van der Waals surface area (Å²) < 4.78 is 0. The molecule has 0 aliphatic heterocycles. The average molecular weight is 207 g/mol. The number of hydrogen-bond acceptors (Lipinski definition) is 4. The van der Waals surface area contributed by atoms with Gasteiger partial charge in [-0.15, -0.1) is 0 Å². The fraction of sp³-hybridized carbons (Fsp3) is 0.500. The molecule has 1 aromatic heterocycles. The second-order valence-electron chi connectivity index (χ2n) is 3.70. The number of anilines is 1. The van der Waals surface area contributed by atoms with E-state index in [0.717, 1.165) is 19.3 Å². The fourth-order valence-electron chi connectivity index (χ4n) is 1.97. The molecule has 0 saturated heterocycles. The van der Waals surface area contributed by atoms with E-state index in [1.165, 1.54) is 0 Å². The van der Waals surface area contributed by atoms with Crippen LogP contribution in [0.4, 0.5) is 5.95 Å². The Bertz CT molecular complexity index is 342. The van der Waals surface area contributed by atoms with Gasteiger partial charge >= 0.3 is 5.97 Å². The van der Waals surface area contributed by atoms with Crippen molar-refractivity contribution in [1.29, 1.82) is 0 Å². The number of rotatable bonds is 3. The van der Waals surface area contributed by atoms with Gasteiger partial charge in [0, 0.05) is 18.4 Å². The van der Waals surface area contributed by atoms with Gasteiger partial charge < -0.3 is 10.4 Å². The van der Waals surface area contributed by atoms with Crippen LogP contribution >= 0.6 is 0 Å². The number of hydrogen-bond donors (Lipinski definition) is 2. The van der Waals surface area contributed by atoms with Crippen molar-refractivity contribution < 1.29 is 9.90 Å². The van der Waals surface area contributed by atoms with Crippen molar-refractivity contribution in [3.8, 4) is 0 Å². The third-order valence-electron chi connectivity index (χ3n) is 2.71. The highest BCUT2D eigenvalue weighted by Gasteiger charge is 2.33. The summed E-state index contributed by atoms with van der Waals surface area (Å²) in [6.07, 6.45) is 5.83. The largest absolute Gasteiger partial charge is 0.481 e. The van der Waals surface area contributed by atoms with Gasteiger partial charge in [-0.3, -0.25) is 4.79 Å². The molecule has 0 bridgehead atoms. The van der Waals surface area contributed by atoms with E-state index in [1.54, 1.807) is 18.5 Å². The van der Waals surface area contributed by atoms with Crippen LogP contribution < -0.4 is 5.32 Å². The van der Waals surface area contributed by atoms with Crippen molar-refractivity contribution in [3.63, 3.8) is 0 Å². The topological polar surface area (TPSA) is 75.1 Å². The molecule has 1 saturated carbocycles. The SMILES string of the molecule is O=C(O)C1CCCC1Nc1ncccn1. The van der Waals surface area contributed by atoms with Crippen LogP contribution in [0.15, 0.2) is 18.5 Å². The molecule has 5 heteroatoms. The fourth-order valence-corrected chi connectivity index (χ4v) is 1.97. The summed E-state index contributed by atoms with van der Waals surface area (Å²) in [7, 11) is 0. The second kappa shape index (κ2) is 4.25. The Morgan fingerprint density at radius 3 is 2.80 bits per heavy atom. The lowest BCUT2D eigenvalue weighted by Crippen LogP contribution is -2.30. The van der Waals surface area contributed by atoms with E-state index < -0.39 is 5.97 Å². The van der Waals surface area contributed by atoms with Gasteiger partial charge in [0.2, 0.25) is 5.95 Å². The quantitative estimate of drug-likeness (QED) is 0.777. The summed E-state index contributed by atoms with van der Waals surface area (Å²) in [6, 6.07) is 1.69. The highest BCUT2D eigenvalue weighted by atomic mass is 16.4. The van der Waals surface area contributed by atoms with Crippen molar-refractivity contribution in [2.45, 2.75) is 25.3 Å². The molecule has 1 aliphatic carbocycles. The normalized spacial score (nSPS) is 25.1. The first kappa shape index (κ1) is 9.89. The molecule has 1 heterocycles. The lowest BCUT2D eigenvalue weighted by Gasteiger charge is -2.16. The smallest absolute Gasteiger partial charge is 0.308 e. The standard InChI is InChI=1S/C10H13N3O2/c14-9(15)7-3-1-4-8(7)13-10-11-5-2-6-12-10/h2,5-8H,1,3-4H2,(H,14,15)(H,11,12,13). The van der Waals surface area contributed by atoms with E-state index in [2.05, 4.69) is 15.3 Å². The van der Waals surface area contributed by atoms with E-state index in [4.69, 9.17) is 5.11 Å². The van der Waals surface area contributed by atoms with Crippen LogP contribution in [0.2, 0.25) is 0 Å². The zero-order valence-corrected chi connectivity index (χ0v) is 8.26. The highest BCUT2D eigenvalue weighted by molar-refractivity contribution is 5.71. The number of aliphatic carboxylic acids is 1. The number of nitrogens with one attached hydrogen (secondary N) is 1. The number of carbonyl (C=O) groups is 1. The molecule has 1 aliphatic rings. The molecule has 0 amide bonds. The van der Waals surface area contributed by atoms with Gasteiger partial charge in [0.05, 0.1) is 5.92 Å². The van der Waals surface area contributed by atoms with E-state index >= 15 is 0 Å². The predicted molar refractivity (Wildman–Crippen MR) is 54.4 cm³/mol. The van der Waals surface area contributed by atoms with Crippen LogP contribution in [0.1, 0.15) is 19.3 Å². The summed E-state index contributed by atoms with van der Waals surface area (Å²) in [5.74, 6) is -0.537. The van der Waals surface area contributed by atoms with Gasteiger partial charge in [0.15, 0.2) is 0 Å². The van der Waals surface area contributed by atoms with Gasteiger partial charge in [0.1, 0.15) is 0 Å². The Hall–Kier alpha value is -1.65. The first-order chi connectivity index (χ1) is 7.27. The zero-order valence-electron chi connectivity index (χ0n) is 8.26. The summed E-state index contributed by atoms with van der Waals surface area (Å²) in [5.41, 5.74) is 0. The Kier molecular flexibility index (Phi) is 2.80. The molecular formula is C10H13N3O2. The minimum atomic E-state index is -0.735. The maximum Gasteiger partial charge on any atom is 0.308 e. The van der Waals surface area contributed by atoms with E-state index in [9.17, 15) is 4.79 Å².